The first-order chi connectivity index (χ1) is 17.2. The number of aromatic nitrogens is 1. The molecule has 2 aliphatic heterocycles. The molecule has 2 fully saturated rings. The number of carbonyl (C=O) groups excluding carboxylic acids is 1. The average Bonchev–Trinajstić information content (AvgIpc) is 2.90. The molecule has 0 atom stereocenters. The fraction of sp³-hybridized carbons (Fsp3) is 0.500. The normalized spacial score (nSPS) is 19.8. The molecule has 1 saturated heterocycles. The summed E-state index contributed by atoms with van der Waals surface area (Å²) >= 11 is 0. The first-order valence-electron chi connectivity index (χ1n) is 13.1. The summed E-state index contributed by atoms with van der Waals surface area (Å²) < 4.78 is 5.48. The second kappa shape index (κ2) is 11.7. The second-order valence-electron chi connectivity index (χ2n) is 9.83. The van der Waals surface area contributed by atoms with Gasteiger partial charge in [0.1, 0.15) is 5.82 Å². The predicted molar refractivity (Wildman–Crippen MR) is 141 cm³/mol. The van der Waals surface area contributed by atoms with E-state index >= 15 is 0 Å². The predicted octanol–water partition coefficient (Wildman–Crippen LogP) is 4.66. The molecule has 2 N–H and O–H groups in total. The molecule has 3 heterocycles. The highest BCUT2D eigenvalue weighted by Gasteiger charge is 2.18. The van der Waals surface area contributed by atoms with Crippen molar-refractivity contribution in [3.8, 4) is 0 Å². The molecule has 3 aliphatic rings. The van der Waals surface area contributed by atoms with Crippen LogP contribution in [0, 0.1) is 0 Å². The van der Waals surface area contributed by atoms with Crippen LogP contribution in [0.2, 0.25) is 0 Å². The SMILES string of the molecule is O=C(Nc1cccc(CN2CC=C(c3cccc(N4CCOCC4)n3)CC2)c1)NC1CCCCC1. The molecule has 35 heavy (non-hydrogen) atoms. The van der Waals surface area contributed by atoms with Crippen LogP contribution >= 0.6 is 0 Å². The molecular formula is C28H37N5O2. The molecule has 2 aromatic rings. The van der Waals surface area contributed by atoms with E-state index in [1.807, 2.05) is 12.1 Å². The lowest BCUT2D eigenvalue weighted by atomic mass is 9.96. The molecule has 0 radical (unpaired) electrons. The summed E-state index contributed by atoms with van der Waals surface area (Å²) in [7, 11) is 0. The minimum Gasteiger partial charge on any atom is -0.378 e. The summed E-state index contributed by atoms with van der Waals surface area (Å²) in [6, 6.07) is 14.8. The Morgan fingerprint density at radius 3 is 2.66 bits per heavy atom. The van der Waals surface area contributed by atoms with Crippen LogP contribution in [0.25, 0.3) is 5.57 Å². The highest BCUT2D eigenvalue weighted by molar-refractivity contribution is 5.89. The number of hydrogen-bond donors (Lipinski definition) is 2. The number of morpholine rings is 1. The van der Waals surface area contributed by atoms with Crippen LogP contribution in [0.3, 0.4) is 0 Å². The van der Waals surface area contributed by atoms with Gasteiger partial charge in [-0.15, -0.1) is 0 Å². The summed E-state index contributed by atoms with van der Waals surface area (Å²) in [5.74, 6) is 1.05. The highest BCUT2D eigenvalue weighted by Crippen LogP contribution is 2.25. The lowest BCUT2D eigenvalue weighted by Gasteiger charge is -2.29. The van der Waals surface area contributed by atoms with E-state index in [0.29, 0.717) is 6.04 Å². The molecule has 1 saturated carbocycles. The Balaban J connectivity index is 1.15. The minimum atomic E-state index is -0.0913. The van der Waals surface area contributed by atoms with Crippen LogP contribution in [-0.4, -0.2) is 61.3 Å². The van der Waals surface area contributed by atoms with E-state index in [1.165, 1.54) is 30.4 Å². The third-order valence-corrected chi connectivity index (χ3v) is 7.22. The van der Waals surface area contributed by atoms with E-state index in [1.54, 1.807) is 0 Å². The molecule has 7 heteroatoms. The third-order valence-electron chi connectivity index (χ3n) is 7.22. The average molecular weight is 476 g/mol. The topological polar surface area (TPSA) is 69.7 Å². The van der Waals surface area contributed by atoms with E-state index in [-0.39, 0.29) is 6.03 Å². The van der Waals surface area contributed by atoms with Crippen LogP contribution in [0.15, 0.2) is 48.5 Å². The Bertz CT molecular complexity index is 1030. The highest BCUT2D eigenvalue weighted by atomic mass is 16.5. The first kappa shape index (κ1) is 23.8. The molecular weight excluding hydrogens is 438 g/mol. The van der Waals surface area contributed by atoms with Crippen molar-refractivity contribution in [1.29, 1.82) is 0 Å². The zero-order valence-electron chi connectivity index (χ0n) is 20.5. The lowest BCUT2D eigenvalue weighted by molar-refractivity contribution is 0.122. The van der Waals surface area contributed by atoms with Gasteiger partial charge < -0.3 is 20.3 Å². The van der Waals surface area contributed by atoms with E-state index in [4.69, 9.17) is 9.72 Å². The maximum atomic E-state index is 12.4. The largest absolute Gasteiger partial charge is 0.378 e. The Hall–Kier alpha value is -2.90. The van der Waals surface area contributed by atoms with Crippen molar-refractivity contribution >= 4 is 23.1 Å². The number of carbonyl (C=O) groups is 1. The fourth-order valence-electron chi connectivity index (χ4n) is 5.26. The number of hydrogen-bond acceptors (Lipinski definition) is 5. The summed E-state index contributed by atoms with van der Waals surface area (Å²) in [5, 5.41) is 6.16. The number of benzene rings is 1. The van der Waals surface area contributed by atoms with Gasteiger partial charge in [-0.2, -0.15) is 0 Å². The van der Waals surface area contributed by atoms with E-state index in [2.05, 4.69) is 56.8 Å². The second-order valence-corrected chi connectivity index (χ2v) is 9.83. The van der Waals surface area contributed by atoms with Gasteiger partial charge in [-0.3, -0.25) is 4.90 Å². The Labute approximate surface area is 208 Å². The van der Waals surface area contributed by atoms with Gasteiger partial charge in [0.05, 0.1) is 18.9 Å². The fourth-order valence-corrected chi connectivity index (χ4v) is 5.26. The number of urea groups is 1. The number of ether oxygens (including phenoxy) is 1. The monoisotopic (exact) mass is 475 g/mol. The van der Waals surface area contributed by atoms with Crippen molar-refractivity contribution < 1.29 is 9.53 Å². The Morgan fingerprint density at radius 2 is 1.86 bits per heavy atom. The van der Waals surface area contributed by atoms with Gasteiger partial charge in [-0.1, -0.05) is 43.5 Å². The maximum absolute atomic E-state index is 12.4. The molecule has 0 unspecified atom stereocenters. The summed E-state index contributed by atoms with van der Waals surface area (Å²) in [6.45, 7) is 6.11. The molecule has 1 aromatic heterocycles. The summed E-state index contributed by atoms with van der Waals surface area (Å²) in [5.41, 5.74) is 4.48. The van der Waals surface area contributed by atoms with Crippen LogP contribution < -0.4 is 15.5 Å². The summed E-state index contributed by atoms with van der Waals surface area (Å²) in [6.07, 6.45) is 9.18. The molecule has 0 spiro atoms. The number of anilines is 2. The lowest BCUT2D eigenvalue weighted by Crippen LogP contribution is -2.39. The quantitative estimate of drug-likeness (QED) is 0.636. The smallest absolute Gasteiger partial charge is 0.319 e. The zero-order chi connectivity index (χ0) is 23.9. The van der Waals surface area contributed by atoms with Crippen LogP contribution in [0.1, 0.15) is 49.8 Å². The van der Waals surface area contributed by atoms with E-state index in [9.17, 15) is 4.79 Å². The molecule has 2 amide bonds. The molecule has 5 rings (SSSR count). The number of nitrogens with zero attached hydrogens (tertiary/aromatic N) is 3. The Morgan fingerprint density at radius 1 is 1.03 bits per heavy atom. The number of rotatable bonds is 6. The number of amides is 2. The van der Waals surface area contributed by atoms with Gasteiger partial charge in [0.2, 0.25) is 0 Å². The zero-order valence-corrected chi connectivity index (χ0v) is 20.5. The molecule has 7 nitrogen and oxygen atoms in total. The van der Waals surface area contributed by atoms with Crippen molar-refractivity contribution in [3.05, 3.63) is 59.8 Å². The minimum absolute atomic E-state index is 0.0913. The van der Waals surface area contributed by atoms with Crippen molar-refractivity contribution in [1.82, 2.24) is 15.2 Å². The van der Waals surface area contributed by atoms with E-state index < -0.39 is 0 Å². The van der Waals surface area contributed by atoms with Crippen molar-refractivity contribution in [3.63, 3.8) is 0 Å². The van der Waals surface area contributed by atoms with Gasteiger partial charge in [0.25, 0.3) is 0 Å². The van der Waals surface area contributed by atoms with Crippen LogP contribution in [-0.2, 0) is 11.3 Å². The van der Waals surface area contributed by atoms with Gasteiger partial charge in [-0.05, 0) is 54.7 Å². The maximum Gasteiger partial charge on any atom is 0.319 e. The standard InChI is InChI=1S/C28H37N5O2/c34-28(29-24-7-2-1-3-8-24)30-25-9-4-6-22(20-25)21-32-14-12-23(13-15-32)26-10-5-11-27(31-26)33-16-18-35-19-17-33/h4-6,9-12,20,24H,1-3,7-8,13-19,21H2,(H2,29,30,34). The van der Waals surface area contributed by atoms with Crippen LogP contribution in [0.4, 0.5) is 16.3 Å². The van der Waals surface area contributed by atoms with Crippen molar-refractivity contribution in [2.75, 3.05) is 49.6 Å². The van der Waals surface area contributed by atoms with Crippen molar-refractivity contribution in [2.45, 2.75) is 51.1 Å². The van der Waals surface area contributed by atoms with Crippen LogP contribution in [0.5, 0.6) is 0 Å². The molecule has 0 bridgehead atoms. The van der Waals surface area contributed by atoms with Gasteiger partial charge in [0.15, 0.2) is 0 Å². The number of nitrogens with one attached hydrogen (secondary N) is 2. The first-order valence-corrected chi connectivity index (χ1v) is 13.1. The summed E-state index contributed by atoms with van der Waals surface area (Å²) in [4.78, 5) is 22.1. The van der Waals surface area contributed by atoms with E-state index in [0.717, 1.165) is 82.4 Å². The van der Waals surface area contributed by atoms with Gasteiger partial charge in [-0.25, -0.2) is 9.78 Å². The Kier molecular flexibility index (Phi) is 7.96. The molecule has 1 aliphatic carbocycles. The molecule has 186 valence electrons. The van der Waals surface area contributed by atoms with Gasteiger partial charge >= 0.3 is 6.03 Å². The third kappa shape index (κ3) is 6.61. The number of pyridine rings is 1. The van der Waals surface area contributed by atoms with Crippen molar-refractivity contribution in [2.24, 2.45) is 0 Å². The molecule has 1 aromatic carbocycles. The van der Waals surface area contributed by atoms with Gasteiger partial charge in [0, 0.05) is 44.5 Å².